The van der Waals surface area contributed by atoms with Gasteiger partial charge in [0, 0.05) is 5.38 Å². The van der Waals surface area contributed by atoms with Crippen LogP contribution in [-0.2, 0) is 4.79 Å². The van der Waals surface area contributed by atoms with Crippen LogP contribution in [0.2, 0.25) is 0 Å². The monoisotopic (exact) mass is 257 g/mol. The van der Waals surface area contributed by atoms with Crippen molar-refractivity contribution >= 4 is 23.2 Å². The maximum absolute atomic E-state index is 11.7. The van der Waals surface area contributed by atoms with E-state index in [1.54, 1.807) is 19.2 Å². The van der Waals surface area contributed by atoms with Gasteiger partial charge in [0.15, 0.2) is 0 Å². The van der Waals surface area contributed by atoms with Crippen LogP contribution in [0.3, 0.4) is 0 Å². The van der Waals surface area contributed by atoms with Crippen LogP contribution in [0.1, 0.15) is 41.8 Å². The molecule has 0 saturated heterocycles. The number of nitrogens with two attached hydrogens (primary N) is 1. The lowest BCUT2D eigenvalue weighted by Gasteiger charge is -2.10. The average Bonchev–Trinajstić information content (AvgIpc) is 2.74. The van der Waals surface area contributed by atoms with Crippen molar-refractivity contribution in [3.8, 4) is 0 Å². The number of carboxylic acid groups (broad SMARTS) is 1. The third kappa shape index (κ3) is 3.50. The first kappa shape index (κ1) is 13.6. The van der Waals surface area contributed by atoms with Gasteiger partial charge in [0.2, 0.25) is 0 Å². The van der Waals surface area contributed by atoms with Gasteiger partial charge in [-0.2, -0.15) is 0 Å². The Morgan fingerprint density at radius 3 is 2.71 bits per heavy atom. The zero-order chi connectivity index (χ0) is 13.0. The number of nitrogens with zero attached hydrogens (tertiary/aromatic N) is 1. The van der Waals surface area contributed by atoms with Gasteiger partial charge in [-0.15, -0.1) is 11.3 Å². The molecule has 17 heavy (non-hydrogen) atoms. The lowest BCUT2D eigenvalue weighted by molar-refractivity contribution is -0.139. The quantitative estimate of drug-likeness (QED) is 0.722. The fourth-order valence-electron chi connectivity index (χ4n) is 1.17. The first-order valence-electron chi connectivity index (χ1n) is 5.20. The van der Waals surface area contributed by atoms with E-state index in [0.29, 0.717) is 11.4 Å². The van der Waals surface area contributed by atoms with Crippen LogP contribution >= 0.6 is 11.3 Å². The molecule has 0 radical (unpaired) electrons. The fraction of sp³-hybridized carbons (Fsp3) is 0.500. The normalized spacial score (nSPS) is 14.1. The van der Waals surface area contributed by atoms with E-state index in [4.69, 9.17) is 10.8 Å². The molecule has 1 rings (SSSR count). The van der Waals surface area contributed by atoms with E-state index in [1.807, 2.05) is 0 Å². The molecule has 1 unspecified atom stereocenters. The third-order valence-corrected chi connectivity index (χ3v) is 3.20. The summed E-state index contributed by atoms with van der Waals surface area (Å²) in [7, 11) is 0. The number of aliphatic carboxylic acids is 1. The van der Waals surface area contributed by atoms with Gasteiger partial charge in [-0.1, -0.05) is 6.92 Å². The molecule has 0 spiro atoms. The molecular formula is C10H15N3O3S. The van der Waals surface area contributed by atoms with E-state index in [-0.39, 0.29) is 11.7 Å². The maximum Gasteiger partial charge on any atom is 0.326 e. The number of amides is 1. The molecule has 0 aliphatic heterocycles. The van der Waals surface area contributed by atoms with Gasteiger partial charge < -0.3 is 16.2 Å². The molecule has 6 nitrogen and oxygen atoms in total. The van der Waals surface area contributed by atoms with Gasteiger partial charge in [0.05, 0.1) is 6.04 Å². The Morgan fingerprint density at radius 1 is 1.65 bits per heavy atom. The predicted molar refractivity (Wildman–Crippen MR) is 63.9 cm³/mol. The molecule has 0 bridgehead atoms. The summed E-state index contributed by atoms with van der Waals surface area (Å²) < 4.78 is 0. The summed E-state index contributed by atoms with van der Waals surface area (Å²) in [6.07, 6.45) is 0.325. The predicted octanol–water partition coefficient (Wildman–Crippen LogP) is 0.756. The first-order valence-corrected chi connectivity index (χ1v) is 6.08. The van der Waals surface area contributed by atoms with E-state index in [0.717, 1.165) is 0 Å². The molecule has 7 heteroatoms. The van der Waals surface area contributed by atoms with E-state index >= 15 is 0 Å². The van der Waals surface area contributed by atoms with Crippen LogP contribution in [0, 0.1) is 0 Å². The standard InChI is InChI=1S/C10H15N3O3S/c1-3-6(10(15)16)12-8(14)7-4-17-9(13-7)5(2)11/h4-6H,3,11H2,1-2H3,(H,12,14)(H,15,16)/t5?,6-/m0/s1. The molecule has 2 atom stereocenters. The number of carbonyl (C=O) groups is 2. The highest BCUT2D eigenvalue weighted by Gasteiger charge is 2.20. The third-order valence-electron chi connectivity index (χ3n) is 2.16. The molecule has 94 valence electrons. The summed E-state index contributed by atoms with van der Waals surface area (Å²) in [6, 6.07) is -1.12. The topological polar surface area (TPSA) is 105 Å². The van der Waals surface area contributed by atoms with E-state index in [1.165, 1.54) is 11.3 Å². The zero-order valence-electron chi connectivity index (χ0n) is 9.64. The van der Waals surface area contributed by atoms with Crippen LogP contribution in [0.25, 0.3) is 0 Å². The Hall–Kier alpha value is -1.47. The number of carboxylic acids is 1. The molecule has 1 amide bonds. The van der Waals surface area contributed by atoms with E-state index in [2.05, 4.69) is 10.3 Å². The van der Waals surface area contributed by atoms with Crippen molar-refractivity contribution in [1.82, 2.24) is 10.3 Å². The van der Waals surface area contributed by atoms with Crippen LogP contribution in [0.4, 0.5) is 0 Å². The van der Waals surface area contributed by atoms with Gasteiger partial charge in [-0.05, 0) is 13.3 Å². The first-order chi connectivity index (χ1) is 7.95. The summed E-state index contributed by atoms with van der Waals surface area (Å²) in [5.41, 5.74) is 5.84. The SMILES string of the molecule is CC[C@H](NC(=O)c1csc(C(C)N)n1)C(=O)O. The molecule has 1 aromatic heterocycles. The molecule has 1 aromatic rings. The lowest BCUT2D eigenvalue weighted by atomic mass is 10.2. The number of thiazole rings is 1. The van der Waals surface area contributed by atoms with Gasteiger partial charge in [-0.25, -0.2) is 9.78 Å². The highest BCUT2D eigenvalue weighted by Crippen LogP contribution is 2.15. The summed E-state index contributed by atoms with van der Waals surface area (Å²) in [5.74, 6) is -1.54. The van der Waals surface area contributed by atoms with E-state index < -0.39 is 17.9 Å². The summed E-state index contributed by atoms with van der Waals surface area (Å²) in [5, 5.41) is 13.4. The van der Waals surface area contributed by atoms with Crippen LogP contribution in [-0.4, -0.2) is 28.0 Å². The van der Waals surface area contributed by atoms with Gasteiger partial charge in [0.1, 0.15) is 16.7 Å². The lowest BCUT2D eigenvalue weighted by Crippen LogP contribution is -2.40. The van der Waals surface area contributed by atoms with Crippen molar-refractivity contribution < 1.29 is 14.7 Å². The summed E-state index contributed by atoms with van der Waals surface area (Å²) in [4.78, 5) is 26.5. The molecular weight excluding hydrogens is 242 g/mol. The number of aromatic nitrogens is 1. The average molecular weight is 257 g/mol. The van der Waals surface area contributed by atoms with Crippen molar-refractivity contribution in [1.29, 1.82) is 0 Å². The Balaban J connectivity index is 2.72. The van der Waals surface area contributed by atoms with Crippen LogP contribution in [0.15, 0.2) is 5.38 Å². The molecule has 0 saturated carbocycles. The minimum absolute atomic E-state index is 0.210. The number of hydrogen-bond acceptors (Lipinski definition) is 5. The molecule has 0 aliphatic rings. The van der Waals surface area contributed by atoms with Gasteiger partial charge in [-0.3, -0.25) is 4.79 Å². The number of carbonyl (C=O) groups excluding carboxylic acids is 1. The fourth-order valence-corrected chi connectivity index (χ4v) is 1.93. The smallest absolute Gasteiger partial charge is 0.326 e. The van der Waals surface area contributed by atoms with Crippen LogP contribution in [0.5, 0.6) is 0 Å². The van der Waals surface area contributed by atoms with Crippen molar-refractivity contribution in [2.45, 2.75) is 32.4 Å². The van der Waals surface area contributed by atoms with Gasteiger partial charge in [0.25, 0.3) is 5.91 Å². The summed E-state index contributed by atoms with van der Waals surface area (Å²) in [6.45, 7) is 3.46. The van der Waals surface area contributed by atoms with Crippen LogP contribution < -0.4 is 11.1 Å². The molecule has 0 aliphatic carbocycles. The molecule has 0 aromatic carbocycles. The largest absolute Gasteiger partial charge is 0.480 e. The highest BCUT2D eigenvalue weighted by molar-refractivity contribution is 7.09. The summed E-state index contributed by atoms with van der Waals surface area (Å²) >= 11 is 1.28. The minimum atomic E-state index is -1.05. The molecule has 0 fully saturated rings. The van der Waals surface area contributed by atoms with Crippen molar-refractivity contribution in [2.75, 3.05) is 0 Å². The Bertz CT molecular complexity index is 417. The Labute approximate surface area is 103 Å². The van der Waals surface area contributed by atoms with Crippen molar-refractivity contribution in [3.05, 3.63) is 16.1 Å². The van der Waals surface area contributed by atoms with Gasteiger partial charge >= 0.3 is 5.97 Å². The zero-order valence-corrected chi connectivity index (χ0v) is 10.5. The molecule has 1 heterocycles. The molecule has 4 N–H and O–H groups in total. The highest BCUT2D eigenvalue weighted by atomic mass is 32.1. The second-order valence-electron chi connectivity index (χ2n) is 3.63. The number of hydrogen-bond donors (Lipinski definition) is 3. The maximum atomic E-state index is 11.7. The Morgan fingerprint density at radius 2 is 2.29 bits per heavy atom. The Kier molecular flexibility index (Phi) is 4.59. The second-order valence-corrected chi connectivity index (χ2v) is 4.52. The number of rotatable bonds is 5. The van der Waals surface area contributed by atoms with Crippen molar-refractivity contribution in [3.63, 3.8) is 0 Å². The second kappa shape index (κ2) is 5.74. The van der Waals surface area contributed by atoms with E-state index in [9.17, 15) is 9.59 Å². The number of nitrogens with one attached hydrogen (secondary N) is 1. The van der Waals surface area contributed by atoms with Crippen molar-refractivity contribution in [2.24, 2.45) is 5.73 Å². The minimum Gasteiger partial charge on any atom is -0.480 e.